The van der Waals surface area contributed by atoms with E-state index in [0.717, 1.165) is 29.9 Å². The van der Waals surface area contributed by atoms with Crippen molar-refractivity contribution in [2.24, 2.45) is 0 Å². The Hall–Kier alpha value is -2.33. The van der Waals surface area contributed by atoms with Gasteiger partial charge >= 0.3 is 0 Å². The molecule has 4 nitrogen and oxygen atoms in total. The molecule has 0 amide bonds. The molecule has 0 unspecified atom stereocenters. The Bertz CT molecular complexity index is 813. The van der Waals surface area contributed by atoms with Crippen LogP contribution in [0, 0.1) is 0 Å². The Balaban J connectivity index is 1.51. The third-order valence-corrected chi connectivity index (χ3v) is 4.64. The normalized spacial score (nSPS) is 10.9. The number of hydrogen-bond acceptors (Lipinski definition) is 4. The summed E-state index contributed by atoms with van der Waals surface area (Å²) >= 11 is 5.91. The van der Waals surface area contributed by atoms with Crippen LogP contribution in [-0.4, -0.2) is 16.8 Å². The fourth-order valence-corrected chi connectivity index (χ4v) is 2.94. The molecule has 0 saturated carbocycles. The highest BCUT2D eigenvalue weighted by atomic mass is 35.5. The fraction of sp³-hybridized carbons (Fsp3) is 0.364. The lowest BCUT2D eigenvalue weighted by Crippen LogP contribution is -1.97. The van der Waals surface area contributed by atoms with E-state index < -0.39 is 0 Å². The molecule has 27 heavy (non-hydrogen) atoms. The highest BCUT2D eigenvalue weighted by molar-refractivity contribution is 6.30. The summed E-state index contributed by atoms with van der Waals surface area (Å²) in [5.74, 6) is 1.83. The number of benzene rings is 2. The molecule has 0 atom stereocenters. The molecule has 0 N–H and O–H groups in total. The average molecular weight is 385 g/mol. The smallest absolute Gasteiger partial charge is 0.248 e. The maximum Gasteiger partial charge on any atom is 0.248 e. The van der Waals surface area contributed by atoms with Crippen LogP contribution in [0.1, 0.15) is 45.4 Å². The molecule has 3 aromatic rings. The molecular formula is C22H25ClN2O2. The first-order valence-corrected chi connectivity index (χ1v) is 9.97. The minimum Gasteiger partial charge on any atom is -0.494 e. The van der Waals surface area contributed by atoms with E-state index in [0.29, 0.717) is 16.8 Å². The van der Waals surface area contributed by atoms with Crippen LogP contribution in [0.5, 0.6) is 5.75 Å². The first-order chi connectivity index (χ1) is 13.3. The second-order valence-corrected chi connectivity index (χ2v) is 7.00. The molecular weight excluding hydrogens is 360 g/mol. The van der Waals surface area contributed by atoms with Gasteiger partial charge in [0.15, 0.2) is 0 Å². The minimum absolute atomic E-state index is 0.477. The van der Waals surface area contributed by atoms with Gasteiger partial charge in [-0.15, -0.1) is 10.2 Å². The SMILES string of the molecule is CCCCCCCCOc1ccc(-c2nnc(-c3ccc(Cl)cc3)o2)cc1. The number of unbranched alkanes of at least 4 members (excludes halogenated alkanes) is 5. The Kier molecular flexibility index (Phi) is 7.28. The average Bonchev–Trinajstić information content (AvgIpc) is 3.18. The standard InChI is InChI=1S/C22H25ClN2O2/c1-2-3-4-5-6-7-16-26-20-14-10-18(11-15-20)22-25-24-21(27-22)17-8-12-19(23)13-9-17/h8-15H,2-7,16H2,1H3. The summed E-state index contributed by atoms with van der Waals surface area (Å²) in [6.45, 7) is 2.99. The van der Waals surface area contributed by atoms with E-state index in [1.165, 1.54) is 32.1 Å². The first-order valence-electron chi connectivity index (χ1n) is 9.59. The molecule has 0 aliphatic carbocycles. The number of aromatic nitrogens is 2. The number of rotatable bonds is 10. The van der Waals surface area contributed by atoms with E-state index in [9.17, 15) is 0 Å². The molecule has 1 heterocycles. The molecule has 0 bridgehead atoms. The number of hydrogen-bond donors (Lipinski definition) is 0. The molecule has 5 heteroatoms. The van der Waals surface area contributed by atoms with Crippen LogP contribution in [0.4, 0.5) is 0 Å². The van der Waals surface area contributed by atoms with Gasteiger partial charge in [-0.2, -0.15) is 0 Å². The molecule has 0 aliphatic rings. The van der Waals surface area contributed by atoms with E-state index in [1.54, 1.807) is 12.1 Å². The summed E-state index contributed by atoms with van der Waals surface area (Å²) in [5, 5.41) is 8.93. The van der Waals surface area contributed by atoms with E-state index in [4.69, 9.17) is 20.8 Å². The van der Waals surface area contributed by atoms with Gasteiger partial charge in [-0.3, -0.25) is 0 Å². The maximum atomic E-state index is 5.91. The van der Waals surface area contributed by atoms with Crippen LogP contribution in [0.25, 0.3) is 22.9 Å². The van der Waals surface area contributed by atoms with Gasteiger partial charge in [-0.1, -0.05) is 50.6 Å². The number of nitrogens with zero attached hydrogens (tertiary/aromatic N) is 2. The zero-order valence-corrected chi connectivity index (χ0v) is 16.4. The third-order valence-electron chi connectivity index (χ3n) is 4.38. The summed E-state index contributed by atoms with van der Waals surface area (Å²) in [6.07, 6.45) is 7.56. The Labute approximate surface area is 165 Å². The van der Waals surface area contributed by atoms with E-state index in [2.05, 4.69) is 17.1 Å². The van der Waals surface area contributed by atoms with Crippen molar-refractivity contribution < 1.29 is 9.15 Å². The van der Waals surface area contributed by atoms with Gasteiger partial charge in [0.1, 0.15) is 5.75 Å². The predicted molar refractivity (Wildman–Crippen MR) is 109 cm³/mol. The van der Waals surface area contributed by atoms with Crippen molar-refractivity contribution in [1.29, 1.82) is 0 Å². The first kappa shape index (κ1) is 19.4. The second-order valence-electron chi connectivity index (χ2n) is 6.56. The largest absolute Gasteiger partial charge is 0.494 e. The molecule has 0 aliphatic heterocycles. The van der Waals surface area contributed by atoms with Gasteiger partial charge in [-0.25, -0.2) is 0 Å². The van der Waals surface area contributed by atoms with Crippen molar-refractivity contribution >= 4 is 11.6 Å². The summed E-state index contributed by atoms with van der Waals surface area (Å²) in [5.41, 5.74) is 1.71. The molecule has 0 spiro atoms. The molecule has 0 fully saturated rings. The van der Waals surface area contributed by atoms with Gasteiger partial charge in [0.2, 0.25) is 11.8 Å². The van der Waals surface area contributed by atoms with Crippen LogP contribution < -0.4 is 4.74 Å². The van der Waals surface area contributed by atoms with Gasteiger partial charge < -0.3 is 9.15 Å². The van der Waals surface area contributed by atoms with Crippen molar-refractivity contribution in [2.45, 2.75) is 45.4 Å². The molecule has 0 radical (unpaired) electrons. The van der Waals surface area contributed by atoms with Gasteiger partial charge in [0.25, 0.3) is 0 Å². The molecule has 142 valence electrons. The topological polar surface area (TPSA) is 48.2 Å². The van der Waals surface area contributed by atoms with Crippen molar-refractivity contribution in [3.8, 4) is 28.7 Å². The molecule has 1 aromatic heterocycles. The zero-order valence-electron chi connectivity index (χ0n) is 15.7. The second kappa shape index (κ2) is 10.1. The Morgan fingerprint density at radius 3 is 1.96 bits per heavy atom. The zero-order chi connectivity index (χ0) is 18.9. The Morgan fingerprint density at radius 2 is 1.33 bits per heavy atom. The quantitative estimate of drug-likeness (QED) is 0.361. The monoisotopic (exact) mass is 384 g/mol. The van der Waals surface area contributed by atoms with Gasteiger partial charge in [0.05, 0.1) is 6.61 Å². The van der Waals surface area contributed by atoms with Crippen molar-refractivity contribution in [3.05, 3.63) is 53.6 Å². The summed E-state index contributed by atoms with van der Waals surface area (Å²) in [6, 6.07) is 15.1. The maximum absolute atomic E-state index is 5.91. The number of ether oxygens (including phenoxy) is 1. The summed E-state index contributed by atoms with van der Waals surface area (Å²) in [7, 11) is 0. The molecule has 3 rings (SSSR count). The fourth-order valence-electron chi connectivity index (χ4n) is 2.82. The van der Waals surface area contributed by atoms with Crippen LogP contribution in [-0.2, 0) is 0 Å². The van der Waals surface area contributed by atoms with Crippen molar-refractivity contribution in [3.63, 3.8) is 0 Å². The molecule has 2 aromatic carbocycles. The summed E-state index contributed by atoms with van der Waals surface area (Å²) < 4.78 is 11.6. The van der Waals surface area contributed by atoms with E-state index in [-0.39, 0.29) is 0 Å². The van der Waals surface area contributed by atoms with Crippen LogP contribution in [0.3, 0.4) is 0 Å². The van der Waals surface area contributed by atoms with Gasteiger partial charge in [0, 0.05) is 16.1 Å². The van der Waals surface area contributed by atoms with Crippen molar-refractivity contribution in [1.82, 2.24) is 10.2 Å². The lowest BCUT2D eigenvalue weighted by Gasteiger charge is -2.06. The van der Waals surface area contributed by atoms with Crippen LogP contribution in [0.15, 0.2) is 52.9 Å². The predicted octanol–water partition coefficient (Wildman–Crippen LogP) is 6.80. The van der Waals surface area contributed by atoms with E-state index in [1.807, 2.05) is 36.4 Å². The van der Waals surface area contributed by atoms with Crippen LogP contribution in [0.2, 0.25) is 5.02 Å². The lowest BCUT2D eigenvalue weighted by molar-refractivity contribution is 0.304. The lowest BCUT2D eigenvalue weighted by atomic mass is 10.1. The third kappa shape index (κ3) is 5.83. The minimum atomic E-state index is 0.477. The van der Waals surface area contributed by atoms with Gasteiger partial charge in [-0.05, 0) is 55.0 Å². The van der Waals surface area contributed by atoms with Crippen LogP contribution >= 0.6 is 11.6 Å². The van der Waals surface area contributed by atoms with Crippen molar-refractivity contribution in [2.75, 3.05) is 6.61 Å². The van der Waals surface area contributed by atoms with E-state index >= 15 is 0 Å². The highest BCUT2D eigenvalue weighted by Crippen LogP contribution is 2.26. The number of halogens is 1. The molecule has 0 saturated heterocycles. The highest BCUT2D eigenvalue weighted by Gasteiger charge is 2.10. The Morgan fingerprint density at radius 1 is 0.778 bits per heavy atom. The summed E-state index contributed by atoms with van der Waals surface area (Å²) in [4.78, 5) is 0.